The van der Waals surface area contributed by atoms with E-state index in [2.05, 4.69) is 0 Å². The van der Waals surface area contributed by atoms with Gasteiger partial charge in [-0.15, -0.1) is 0 Å². The number of ether oxygens (including phenoxy) is 2. The van der Waals surface area contributed by atoms with Crippen molar-refractivity contribution in [2.75, 3.05) is 13.2 Å². The van der Waals surface area contributed by atoms with E-state index in [1.807, 2.05) is 83.1 Å². The molecular weight excluding hydrogens is 504 g/mol. The standard InChI is InChI=1S/C34H48O6/c1-31(2,3)23-17-21(18-24(27(23)35)32(4,5)6)29(37)39-15-13-14-16-40-30(38)22-19-25(33(7,8)9)28(36)26(20-22)34(10,11)12/h13-14,17-20,35-36H,15-16H2,1-12H3/b14-13+. The highest BCUT2D eigenvalue weighted by Gasteiger charge is 2.29. The summed E-state index contributed by atoms with van der Waals surface area (Å²) < 4.78 is 10.9. The van der Waals surface area contributed by atoms with Gasteiger partial charge in [0, 0.05) is 22.3 Å². The fourth-order valence-corrected chi connectivity index (χ4v) is 4.34. The number of carbonyl (C=O) groups excluding carboxylic acids is 2. The van der Waals surface area contributed by atoms with E-state index in [9.17, 15) is 19.8 Å². The molecule has 6 nitrogen and oxygen atoms in total. The second-order valence-corrected chi connectivity index (χ2v) is 14.5. The number of rotatable bonds is 6. The Balaban J connectivity index is 2.11. The lowest BCUT2D eigenvalue weighted by atomic mass is 9.78. The summed E-state index contributed by atoms with van der Waals surface area (Å²) in [6.45, 7) is 23.8. The lowest BCUT2D eigenvalue weighted by Crippen LogP contribution is -2.19. The Labute approximate surface area is 240 Å². The van der Waals surface area contributed by atoms with Gasteiger partial charge in [0.15, 0.2) is 0 Å². The molecule has 0 bridgehead atoms. The highest BCUT2D eigenvalue weighted by Crippen LogP contribution is 2.41. The molecule has 2 N–H and O–H groups in total. The molecule has 6 heteroatoms. The summed E-state index contributed by atoms with van der Waals surface area (Å²) in [6.07, 6.45) is 3.25. The highest BCUT2D eigenvalue weighted by atomic mass is 16.5. The first-order valence-electron chi connectivity index (χ1n) is 13.8. The molecule has 0 amide bonds. The van der Waals surface area contributed by atoms with E-state index in [1.165, 1.54) is 0 Å². The van der Waals surface area contributed by atoms with Crippen LogP contribution in [0.15, 0.2) is 36.4 Å². The topological polar surface area (TPSA) is 93.1 Å². The van der Waals surface area contributed by atoms with Crippen LogP contribution in [0.25, 0.3) is 0 Å². The van der Waals surface area contributed by atoms with Crippen molar-refractivity contribution in [1.29, 1.82) is 0 Å². The first kappa shape index (κ1) is 32.9. The first-order valence-corrected chi connectivity index (χ1v) is 13.8. The van der Waals surface area contributed by atoms with E-state index >= 15 is 0 Å². The smallest absolute Gasteiger partial charge is 0.338 e. The number of hydrogen-bond donors (Lipinski definition) is 2. The van der Waals surface area contributed by atoms with Crippen LogP contribution in [-0.2, 0) is 31.1 Å². The Morgan fingerprint density at radius 2 is 0.775 bits per heavy atom. The third-order valence-electron chi connectivity index (χ3n) is 6.71. The van der Waals surface area contributed by atoms with Crippen molar-refractivity contribution in [2.24, 2.45) is 0 Å². The van der Waals surface area contributed by atoms with E-state index < -0.39 is 11.9 Å². The van der Waals surface area contributed by atoms with Gasteiger partial charge in [-0.3, -0.25) is 0 Å². The summed E-state index contributed by atoms with van der Waals surface area (Å²) in [5.74, 6) is -0.579. The summed E-state index contributed by atoms with van der Waals surface area (Å²) in [6, 6.07) is 6.75. The van der Waals surface area contributed by atoms with E-state index in [-0.39, 0.29) is 46.4 Å². The van der Waals surface area contributed by atoms with Crippen molar-refractivity contribution in [3.8, 4) is 11.5 Å². The van der Waals surface area contributed by atoms with Crippen LogP contribution < -0.4 is 0 Å². The summed E-state index contributed by atoms with van der Waals surface area (Å²) >= 11 is 0. The molecule has 0 saturated carbocycles. The third-order valence-corrected chi connectivity index (χ3v) is 6.71. The molecule has 0 aliphatic heterocycles. The van der Waals surface area contributed by atoms with Crippen molar-refractivity contribution in [3.63, 3.8) is 0 Å². The maximum absolute atomic E-state index is 12.8. The molecule has 2 rings (SSSR count). The minimum absolute atomic E-state index is 0.00845. The maximum atomic E-state index is 12.8. The minimum Gasteiger partial charge on any atom is -0.507 e. The monoisotopic (exact) mass is 552 g/mol. The molecule has 0 saturated heterocycles. The molecule has 0 aliphatic rings. The molecule has 220 valence electrons. The Kier molecular flexibility index (Phi) is 9.61. The fourth-order valence-electron chi connectivity index (χ4n) is 4.34. The van der Waals surface area contributed by atoms with Crippen LogP contribution in [0.3, 0.4) is 0 Å². The van der Waals surface area contributed by atoms with E-state index in [4.69, 9.17) is 9.47 Å². The number of esters is 2. The number of phenolic OH excluding ortho intramolecular Hbond substituents is 2. The minimum atomic E-state index is -0.494. The first-order chi connectivity index (χ1) is 18.0. The van der Waals surface area contributed by atoms with Gasteiger partial charge >= 0.3 is 11.9 Å². The maximum Gasteiger partial charge on any atom is 0.338 e. The Hall–Kier alpha value is -3.28. The van der Waals surface area contributed by atoms with Gasteiger partial charge in [-0.1, -0.05) is 83.1 Å². The number of benzene rings is 2. The van der Waals surface area contributed by atoms with Crippen LogP contribution in [0.5, 0.6) is 11.5 Å². The second-order valence-electron chi connectivity index (χ2n) is 14.5. The van der Waals surface area contributed by atoms with Gasteiger partial charge < -0.3 is 19.7 Å². The summed E-state index contributed by atoms with van der Waals surface area (Å²) in [4.78, 5) is 25.7. The van der Waals surface area contributed by atoms with Crippen LogP contribution >= 0.6 is 0 Å². The molecule has 0 spiro atoms. The van der Waals surface area contributed by atoms with E-state index in [1.54, 1.807) is 36.4 Å². The molecule has 40 heavy (non-hydrogen) atoms. The van der Waals surface area contributed by atoms with Gasteiger partial charge in [-0.25, -0.2) is 9.59 Å². The van der Waals surface area contributed by atoms with Crippen molar-refractivity contribution >= 4 is 11.9 Å². The van der Waals surface area contributed by atoms with E-state index in [0.717, 1.165) is 0 Å². The Morgan fingerprint density at radius 1 is 0.550 bits per heavy atom. The van der Waals surface area contributed by atoms with Crippen LogP contribution in [0.2, 0.25) is 0 Å². The van der Waals surface area contributed by atoms with Crippen molar-refractivity contribution in [1.82, 2.24) is 0 Å². The van der Waals surface area contributed by atoms with Gasteiger partial charge in [0.1, 0.15) is 24.7 Å². The van der Waals surface area contributed by atoms with Crippen molar-refractivity contribution in [2.45, 2.75) is 105 Å². The number of phenols is 2. The summed E-state index contributed by atoms with van der Waals surface area (Å²) in [5.41, 5.74) is 2.08. The van der Waals surface area contributed by atoms with Crippen molar-refractivity contribution < 1.29 is 29.3 Å². The molecule has 0 heterocycles. The normalized spacial score (nSPS) is 13.0. The van der Waals surface area contributed by atoms with Gasteiger partial charge in [0.25, 0.3) is 0 Å². The number of hydrogen-bond acceptors (Lipinski definition) is 6. The molecule has 0 aliphatic carbocycles. The zero-order valence-electron chi connectivity index (χ0n) is 26.4. The fraction of sp³-hybridized carbons (Fsp3) is 0.529. The average molecular weight is 553 g/mol. The lowest BCUT2D eigenvalue weighted by molar-refractivity contribution is 0.0526. The number of aromatic hydroxyl groups is 2. The Bertz CT molecular complexity index is 1100. The van der Waals surface area contributed by atoms with Crippen molar-refractivity contribution in [3.05, 3.63) is 69.8 Å². The second kappa shape index (κ2) is 11.7. The SMILES string of the molecule is CC(C)(C)c1cc(C(=O)OC/C=C/COC(=O)c2cc(C(C)(C)C)c(O)c(C(C)(C)C)c2)cc(C(C)(C)C)c1O. The van der Waals surface area contributed by atoms with Gasteiger partial charge in [-0.05, 0) is 58.1 Å². The van der Waals surface area contributed by atoms with E-state index in [0.29, 0.717) is 33.4 Å². The summed E-state index contributed by atoms with van der Waals surface area (Å²) in [5, 5.41) is 21.7. The highest BCUT2D eigenvalue weighted by molar-refractivity contribution is 5.91. The molecule has 0 fully saturated rings. The quantitative estimate of drug-likeness (QED) is 0.280. The molecule has 0 unspecified atom stereocenters. The van der Waals surface area contributed by atoms with Crippen LogP contribution in [0.1, 0.15) is 126 Å². The summed E-state index contributed by atoms with van der Waals surface area (Å²) in [7, 11) is 0. The predicted molar refractivity (Wildman–Crippen MR) is 161 cm³/mol. The predicted octanol–water partition coefficient (Wildman–Crippen LogP) is 7.86. The molecule has 0 aromatic heterocycles. The molecular formula is C34H48O6. The van der Waals surface area contributed by atoms with Crippen LogP contribution in [0.4, 0.5) is 0 Å². The Morgan fingerprint density at radius 3 is 0.975 bits per heavy atom. The van der Waals surface area contributed by atoms with Gasteiger partial charge in [0.05, 0.1) is 11.1 Å². The van der Waals surface area contributed by atoms with Crippen LogP contribution in [0, 0.1) is 0 Å². The number of carbonyl (C=O) groups is 2. The van der Waals surface area contributed by atoms with Gasteiger partial charge in [-0.2, -0.15) is 0 Å². The lowest BCUT2D eigenvalue weighted by Gasteiger charge is -2.28. The zero-order chi connectivity index (χ0) is 30.8. The molecule has 0 radical (unpaired) electrons. The largest absolute Gasteiger partial charge is 0.507 e. The average Bonchev–Trinajstić information content (AvgIpc) is 2.78. The van der Waals surface area contributed by atoms with Crippen LogP contribution in [-0.4, -0.2) is 35.4 Å². The molecule has 0 atom stereocenters. The van der Waals surface area contributed by atoms with Gasteiger partial charge in [0.2, 0.25) is 0 Å². The molecule has 2 aromatic rings. The third kappa shape index (κ3) is 8.12. The zero-order valence-corrected chi connectivity index (χ0v) is 26.4. The molecule has 2 aromatic carbocycles.